The zero-order chi connectivity index (χ0) is 7.49. The lowest BCUT2D eigenvalue weighted by Crippen LogP contribution is -2.37. The molecule has 0 heterocycles. The first-order valence-electron chi connectivity index (χ1n) is 3.03. The molecule has 0 aliphatic heterocycles. The van der Waals surface area contributed by atoms with Gasteiger partial charge in [0.05, 0.1) is 0 Å². The van der Waals surface area contributed by atoms with E-state index in [1.54, 1.807) is 0 Å². The van der Waals surface area contributed by atoms with Crippen LogP contribution in [0.25, 0.3) is 0 Å². The van der Waals surface area contributed by atoms with Crippen molar-refractivity contribution in [3.8, 4) is 0 Å². The van der Waals surface area contributed by atoms with Gasteiger partial charge in [0.1, 0.15) is 0 Å². The van der Waals surface area contributed by atoms with Crippen LogP contribution in [0.2, 0.25) is 26.2 Å². The molecule has 55 valence electrons. The maximum Gasteiger partial charge on any atom is 0.191 e. The molecule has 0 amide bonds. The summed E-state index contributed by atoms with van der Waals surface area (Å²) in [6, 6.07) is 0. The molecule has 0 aromatic rings. The highest BCUT2D eigenvalue weighted by Crippen LogP contribution is 2.07. The van der Waals surface area contributed by atoms with Crippen LogP contribution in [-0.4, -0.2) is 22.9 Å². The van der Waals surface area contributed by atoms with Crippen LogP contribution < -0.4 is 0 Å². The van der Waals surface area contributed by atoms with Gasteiger partial charge in [-0.05, 0) is 26.2 Å². The van der Waals surface area contributed by atoms with E-state index in [-0.39, 0.29) is 0 Å². The third kappa shape index (κ3) is 5.14. The summed E-state index contributed by atoms with van der Waals surface area (Å²) in [6.45, 7) is 8.59. The van der Waals surface area contributed by atoms with E-state index < -0.39 is 17.4 Å². The molecule has 0 N–H and O–H groups in total. The van der Waals surface area contributed by atoms with Crippen molar-refractivity contribution in [3.63, 3.8) is 0 Å². The molecule has 4 heteroatoms. The predicted molar refractivity (Wildman–Crippen MR) is 46.8 cm³/mol. The van der Waals surface area contributed by atoms with Crippen LogP contribution in [0, 0.1) is 0 Å². The number of alkyl halides is 1. The van der Waals surface area contributed by atoms with E-state index in [1.807, 2.05) is 0 Å². The standard InChI is InChI=1S/C5H14ClOSi2/c1-8(2)7-9(3,4)5-6/h5H2,1-4H3. The zero-order valence-electron chi connectivity index (χ0n) is 6.49. The molecule has 0 bridgehead atoms. The minimum atomic E-state index is -1.43. The minimum absolute atomic E-state index is 0.526. The van der Waals surface area contributed by atoms with E-state index in [0.29, 0.717) is 5.50 Å². The van der Waals surface area contributed by atoms with Crippen LogP contribution in [0.5, 0.6) is 0 Å². The summed E-state index contributed by atoms with van der Waals surface area (Å²) in [4.78, 5) is 0. The van der Waals surface area contributed by atoms with Crippen LogP contribution in [0.1, 0.15) is 0 Å². The van der Waals surface area contributed by atoms with E-state index in [2.05, 4.69) is 26.2 Å². The highest BCUT2D eigenvalue weighted by Gasteiger charge is 2.21. The average Bonchev–Trinajstić information content (AvgIpc) is 1.63. The highest BCUT2D eigenvalue weighted by atomic mass is 35.5. The first-order chi connectivity index (χ1) is 3.98. The number of rotatable bonds is 3. The highest BCUT2D eigenvalue weighted by molar-refractivity contribution is 6.82. The van der Waals surface area contributed by atoms with E-state index in [0.717, 1.165) is 0 Å². The van der Waals surface area contributed by atoms with Crippen LogP contribution in [-0.2, 0) is 4.12 Å². The predicted octanol–water partition coefficient (Wildman–Crippen LogP) is 2.24. The van der Waals surface area contributed by atoms with E-state index >= 15 is 0 Å². The Balaban J connectivity index is 3.58. The lowest BCUT2D eigenvalue weighted by molar-refractivity contribution is 0.581. The van der Waals surface area contributed by atoms with Crippen LogP contribution in [0.15, 0.2) is 0 Å². The molecule has 0 aromatic carbocycles. The molecule has 0 atom stereocenters. The summed E-state index contributed by atoms with van der Waals surface area (Å²) in [6.07, 6.45) is 0. The SMILES string of the molecule is C[Si](C)O[Si](C)(C)CCl. The smallest absolute Gasteiger partial charge is 0.191 e. The molecule has 0 aromatic heterocycles. The summed E-state index contributed by atoms with van der Waals surface area (Å²) in [5.74, 6) is 0. The van der Waals surface area contributed by atoms with Gasteiger partial charge in [-0.25, -0.2) is 0 Å². The van der Waals surface area contributed by atoms with Crippen LogP contribution in [0.4, 0.5) is 0 Å². The number of hydrogen-bond donors (Lipinski definition) is 0. The lowest BCUT2D eigenvalue weighted by atomic mass is 11.8. The van der Waals surface area contributed by atoms with Crippen molar-refractivity contribution in [1.29, 1.82) is 0 Å². The number of hydrogen-bond acceptors (Lipinski definition) is 1. The monoisotopic (exact) mass is 181 g/mol. The van der Waals surface area contributed by atoms with E-state index in [9.17, 15) is 0 Å². The van der Waals surface area contributed by atoms with Gasteiger partial charge in [0.15, 0.2) is 17.4 Å². The fourth-order valence-electron chi connectivity index (χ4n) is 0.580. The molecule has 0 rings (SSSR count). The van der Waals surface area contributed by atoms with Crippen molar-refractivity contribution < 1.29 is 4.12 Å². The van der Waals surface area contributed by atoms with Crippen LogP contribution in [0.3, 0.4) is 0 Å². The maximum atomic E-state index is 5.70. The molecule has 0 saturated heterocycles. The molecule has 0 saturated carbocycles. The normalized spacial score (nSPS) is 12.7. The van der Waals surface area contributed by atoms with Crippen molar-refractivity contribution >= 4 is 29.0 Å². The van der Waals surface area contributed by atoms with E-state index in [4.69, 9.17) is 15.7 Å². The lowest BCUT2D eigenvalue weighted by Gasteiger charge is -2.21. The maximum absolute atomic E-state index is 5.70. The molecule has 1 nitrogen and oxygen atoms in total. The molecule has 0 spiro atoms. The third-order valence-corrected chi connectivity index (χ3v) is 7.22. The summed E-state index contributed by atoms with van der Waals surface area (Å²) < 4.78 is 5.70. The Labute approximate surface area is 65.2 Å². The van der Waals surface area contributed by atoms with Gasteiger partial charge in [-0.2, -0.15) is 0 Å². The van der Waals surface area contributed by atoms with Crippen molar-refractivity contribution in [2.75, 3.05) is 5.50 Å². The first-order valence-corrected chi connectivity index (χ1v) is 9.09. The Morgan fingerprint density at radius 1 is 1.44 bits per heavy atom. The molecular formula is C5H14ClOSi2. The summed E-state index contributed by atoms with van der Waals surface area (Å²) in [5.41, 5.74) is 0.711. The van der Waals surface area contributed by atoms with Gasteiger partial charge in [-0.1, -0.05) is 0 Å². The fraction of sp³-hybridized carbons (Fsp3) is 1.00. The van der Waals surface area contributed by atoms with Gasteiger partial charge in [0.2, 0.25) is 0 Å². The van der Waals surface area contributed by atoms with Gasteiger partial charge in [-0.15, -0.1) is 11.6 Å². The molecular weight excluding hydrogens is 168 g/mol. The van der Waals surface area contributed by atoms with Crippen molar-refractivity contribution in [3.05, 3.63) is 0 Å². The second kappa shape index (κ2) is 3.76. The topological polar surface area (TPSA) is 9.23 Å². The van der Waals surface area contributed by atoms with Crippen molar-refractivity contribution in [2.24, 2.45) is 0 Å². The Hall–Kier alpha value is 0.684. The Morgan fingerprint density at radius 3 is 2.00 bits per heavy atom. The molecule has 0 aliphatic carbocycles. The van der Waals surface area contributed by atoms with Gasteiger partial charge in [0.25, 0.3) is 0 Å². The van der Waals surface area contributed by atoms with E-state index in [1.165, 1.54) is 0 Å². The van der Waals surface area contributed by atoms with Gasteiger partial charge in [-0.3, -0.25) is 0 Å². The van der Waals surface area contributed by atoms with Crippen molar-refractivity contribution in [2.45, 2.75) is 26.2 Å². The van der Waals surface area contributed by atoms with Gasteiger partial charge < -0.3 is 4.12 Å². The molecule has 0 unspecified atom stereocenters. The second-order valence-electron chi connectivity index (χ2n) is 2.90. The molecule has 1 radical (unpaired) electrons. The Kier molecular flexibility index (Phi) is 4.04. The Bertz CT molecular complexity index is 85.0. The quantitative estimate of drug-likeness (QED) is 0.480. The number of halogens is 1. The fourth-order valence-corrected chi connectivity index (χ4v) is 5.71. The second-order valence-corrected chi connectivity index (χ2v) is 10.1. The van der Waals surface area contributed by atoms with Crippen LogP contribution >= 0.6 is 11.6 Å². The Morgan fingerprint density at radius 2 is 1.89 bits per heavy atom. The molecule has 0 aliphatic rings. The van der Waals surface area contributed by atoms with Crippen molar-refractivity contribution in [1.82, 2.24) is 0 Å². The minimum Gasteiger partial charge on any atom is -0.455 e. The van der Waals surface area contributed by atoms with Gasteiger partial charge >= 0.3 is 0 Å². The summed E-state index contributed by atoms with van der Waals surface area (Å²) >= 11 is 5.69. The third-order valence-electron chi connectivity index (χ3n) is 0.802. The summed E-state index contributed by atoms with van der Waals surface area (Å²) in [7, 11) is -1.96. The average molecular weight is 182 g/mol. The van der Waals surface area contributed by atoms with Gasteiger partial charge in [0, 0.05) is 5.50 Å². The molecule has 0 fully saturated rings. The largest absolute Gasteiger partial charge is 0.455 e. The summed E-state index contributed by atoms with van der Waals surface area (Å²) in [5, 5.41) is 0. The first kappa shape index (κ1) is 9.68. The zero-order valence-corrected chi connectivity index (χ0v) is 9.25. The molecule has 9 heavy (non-hydrogen) atoms.